The minimum absolute atomic E-state index is 0.968. The van der Waals surface area contributed by atoms with E-state index >= 15 is 0 Å². The Morgan fingerprint density at radius 2 is 1.56 bits per heavy atom. The first-order valence-corrected chi connectivity index (χ1v) is 2.04. The molecule has 0 aliphatic heterocycles. The third kappa shape index (κ3) is 2.69. The molecule has 0 aliphatic rings. The number of nitriles is 3. The fourth-order valence-electron chi connectivity index (χ4n) is 0.198. The lowest BCUT2D eigenvalue weighted by Crippen LogP contribution is -1.84. The molecule has 0 saturated heterocycles. The summed E-state index contributed by atoms with van der Waals surface area (Å²) >= 11 is 0. The van der Waals surface area contributed by atoms with Crippen LogP contribution >= 0.6 is 0 Å². The third-order valence-corrected chi connectivity index (χ3v) is 0.531. The van der Waals surface area contributed by atoms with Crippen LogP contribution in [0.5, 0.6) is 0 Å². The van der Waals surface area contributed by atoms with E-state index in [2.05, 4.69) is 5.92 Å². The van der Waals surface area contributed by atoms with Crippen molar-refractivity contribution in [3.8, 4) is 30.0 Å². The number of rotatable bonds is 0. The maximum absolute atomic E-state index is 8.07. The van der Waals surface area contributed by atoms with Crippen molar-refractivity contribution in [2.24, 2.45) is 5.92 Å². The quantitative estimate of drug-likeness (QED) is 0.422. The Balaban J connectivity index is 4.12. The van der Waals surface area contributed by atoms with E-state index in [1.165, 1.54) is 6.07 Å². The number of hydrogen-bond donors (Lipinski definition) is 0. The van der Waals surface area contributed by atoms with Gasteiger partial charge in [0.15, 0.2) is 12.0 Å². The Labute approximate surface area is 52.7 Å². The summed E-state index contributed by atoms with van der Waals surface area (Å²) < 4.78 is 0. The Hall–Kier alpha value is -1.97. The fraction of sp³-hybridized carbons (Fsp3) is 0.167. The van der Waals surface area contributed by atoms with Crippen LogP contribution in [0.25, 0.3) is 0 Å². The van der Waals surface area contributed by atoms with Gasteiger partial charge >= 0.3 is 0 Å². The number of hydrogen-bond acceptors (Lipinski definition) is 3. The molecule has 9 heavy (non-hydrogen) atoms. The van der Waals surface area contributed by atoms with Crippen LogP contribution in [0.3, 0.4) is 0 Å². The van der Waals surface area contributed by atoms with Gasteiger partial charge in [-0.05, 0) is 0 Å². The molecule has 0 saturated carbocycles. The summed E-state index contributed by atoms with van der Waals surface area (Å²) in [4.78, 5) is 0. The molecule has 0 aromatic rings. The molecule has 0 radical (unpaired) electrons. The second-order valence-corrected chi connectivity index (χ2v) is 1.07. The van der Waals surface area contributed by atoms with Crippen molar-refractivity contribution >= 4 is 0 Å². The molecule has 0 aromatic heterocycles. The van der Waals surface area contributed by atoms with Gasteiger partial charge in [-0.3, -0.25) is 0 Å². The van der Waals surface area contributed by atoms with Gasteiger partial charge in [0.25, 0.3) is 0 Å². The maximum atomic E-state index is 8.07. The highest BCUT2D eigenvalue weighted by molar-refractivity contribution is 5.26. The first-order chi connectivity index (χ1) is 4.35. The standard InChI is InChI=1S/C6HN3/c7-3-1-2-6(4-8)5-9/h6H. The molecule has 0 amide bonds. The van der Waals surface area contributed by atoms with E-state index in [0.29, 0.717) is 0 Å². The van der Waals surface area contributed by atoms with Gasteiger partial charge in [0.2, 0.25) is 0 Å². The third-order valence-electron chi connectivity index (χ3n) is 0.531. The van der Waals surface area contributed by atoms with Gasteiger partial charge in [-0.2, -0.15) is 15.8 Å². The van der Waals surface area contributed by atoms with Crippen molar-refractivity contribution in [2.75, 3.05) is 0 Å². The first kappa shape index (κ1) is 7.03. The van der Waals surface area contributed by atoms with Crippen LogP contribution in [-0.4, -0.2) is 0 Å². The van der Waals surface area contributed by atoms with Crippen LogP contribution in [0.1, 0.15) is 0 Å². The highest BCUT2D eigenvalue weighted by Crippen LogP contribution is 1.85. The van der Waals surface area contributed by atoms with Crippen molar-refractivity contribution in [2.45, 2.75) is 0 Å². The Kier molecular flexibility index (Phi) is 3.28. The van der Waals surface area contributed by atoms with Crippen LogP contribution in [-0.2, 0) is 0 Å². The minimum Gasteiger partial charge on any atom is -0.196 e. The molecule has 3 nitrogen and oxygen atoms in total. The minimum atomic E-state index is -0.968. The zero-order chi connectivity index (χ0) is 7.11. The fourth-order valence-corrected chi connectivity index (χ4v) is 0.198. The zero-order valence-corrected chi connectivity index (χ0v) is 4.42. The molecule has 0 spiro atoms. The van der Waals surface area contributed by atoms with Crippen LogP contribution in [0, 0.1) is 51.8 Å². The van der Waals surface area contributed by atoms with E-state index in [9.17, 15) is 0 Å². The largest absolute Gasteiger partial charge is 0.196 e. The van der Waals surface area contributed by atoms with E-state index in [1.54, 1.807) is 12.1 Å². The van der Waals surface area contributed by atoms with Crippen LogP contribution in [0.4, 0.5) is 0 Å². The molecule has 0 rings (SSSR count). The van der Waals surface area contributed by atoms with Crippen LogP contribution in [0.2, 0.25) is 0 Å². The molecule has 0 atom stereocenters. The summed E-state index contributed by atoms with van der Waals surface area (Å²) in [7, 11) is 0. The van der Waals surface area contributed by atoms with Crippen molar-refractivity contribution in [3.63, 3.8) is 0 Å². The van der Waals surface area contributed by atoms with E-state index in [-0.39, 0.29) is 0 Å². The molecule has 0 fully saturated rings. The Morgan fingerprint density at radius 3 is 1.89 bits per heavy atom. The lowest BCUT2D eigenvalue weighted by atomic mass is 10.2. The SMILES string of the molecule is N#CC#CC(C#N)C#N. The van der Waals surface area contributed by atoms with Gasteiger partial charge in [-0.25, -0.2) is 0 Å². The Morgan fingerprint density at radius 1 is 1.00 bits per heavy atom. The first-order valence-electron chi connectivity index (χ1n) is 2.04. The molecule has 0 aromatic carbocycles. The van der Waals surface area contributed by atoms with Gasteiger partial charge in [-0.15, -0.1) is 0 Å². The van der Waals surface area contributed by atoms with Gasteiger partial charge in [-0.1, -0.05) is 5.92 Å². The van der Waals surface area contributed by atoms with Gasteiger partial charge in [0, 0.05) is 5.92 Å². The van der Waals surface area contributed by atoms with Crippen LogP contribution < -0.4 is 0 Å². The molecule has 0 N–H and O–H groups in total. The van der Waals surface area contributed by atoms with Gasteiger partial charge < -0.3 is 0 Å². The average molecular weight is 115 g/mol. The second-order valence-electron chi connectivity index (χ2n) is 1.07. The molecule has 0 bridgehead atoms. The van der Waals surface area contributed by atoms with Gasteiger partial charge in [0.1, 0.15) is 0 Å². The van der Waals surface area contributed by atoms with Crippen molar-refractivity contribution in [1.29, 1.82) is 15.8 Å². The molecule has 0 unspecified atom stereocenters. The molecule has 40 valence electrons. The van der Waals surface area contributed by atoms with E-state index < -0.39 is 5.92 Å². The second kappa shape index (κ2) is 4.20. The van der Waals surface area contributed by atoms with Crippen molar-refractivity contribution in [1.82, 2.24) is 0 Å². The summed E-state index contributed by atoms with van der Waals surface area (Å²) in [6, 6.07) is 4.70. The summed E-state index contributed by atoms with van der Waals surface area (Å²) in [5, 5.41) is 24.0. The van der Waals surface area contributed by atoms with Crippen molar-refractivity contribution in [3.05, 3.63) is 0 Å². The predicted molar refractivity (Wildman–Crippen MR) is 28.1 cm³/mol. The monoisotopic (exact) mass is 115 g/mol. The highest BCUT2D eigenvalue weighted by atomic mass is 14.3. The smallest absolute Gasteiger partial charge is 0.194 e. The maximum Gasteiger partial charge on any atom is 0.194 e. The summed E-state index contributed by atoms with van der Waals surface area (Å²) in [5.74, 6) is 3.13. The van der Waals surface area contributed by atoms with E-state index in [0.717, 1.165) is 0 Å². The normalized spacial score (nSPS) is 5.56. The molecular weight excluding hydrogens is 114 g/mol. The molecule has 3 heteroatoms. The lowest BCUT2D eigenvalue weighted by molar-refractivity contribution is 1.14. The summed E-state index contributed by atoms with van der Waals surface area (Å²) in [6.07, 6.45) is 0. The highest BCUT2D eigenvalue weighted by Gasteiger charge is 1.95. The summed E-state index contributed by atoms with van der Waals surface area (Å²) in [6.45, 7) is 0. The topological polar surface area (TPSA) is 71.4 Å². The average Bonchev–Trinajstić information content (AvgIpc) is 1.91. The van der Waals surface area contributed by atoms with E-state index in [1.807, 2.05) is 5.92 Å². The molecular formula is C6HN3. The van der Waals surface area contributed by atoms with Gasteiger partial charge in [0.05, 0.1) is 12.1 Å². The number of nitrogens with zero attached hydrogens (tertiary/aromatic N) is 3. The zero-order valence-electron chi connectivity index (χ0n) is 4.42. The van der Waals surface area contributed by atoms with Crippen LogP contribution in [0.15, 0.2) is 0 Å². The predicted octanol–water partition coefficient (Wildman–Crippen LogP) is 0.177. The lowest BCUT2D eigenvalue weighted by Gasteiger charge is -1.75. The summed E-state index contributed by atoms with van der Waals surface area (Å²) in [5.41, 5.74) is 0. The molecule has 0 aliphatic carbocycles. The van der Waals surface area contributed by atoms with Crippen molar-refractivity contribution < 1.29 is 0 Å². The van der Waals surface area contributed by atoms with E-state index in [4.69, 9.17) is 15.8 Å². The Bertz CT molecular complexity index is 246. The molecule has 0 heterocycles.